The molecule has 2 N–H and O–H groups in total. The summed E-state index contributed by atoms with van der Waals surface area (Å²) >= 11 is 0. The summed E-state index contributed by atoms with van der Waals surface area (Å²) in [6, 6.07) is 0.195. The van der Waals surface area contributed by atoms with Crippen LogP contribution < -0.4 is 5.32 Å². The summed E-state index contributed by atoms with van der Waals surface area (Å²) in [5.74, 6) is 1.38. The summed E-state index contributed by atoms with van der Waals surface area (Å²) in [5.41, 5.74) is 0. The van der Waals surface area contributed by atoms with E-state index in [9.17, 15) is 9.90 Å². The van der Waals surface area contributed by atoms with Crippen molar-refractivity contribution in [2.75, 3.05) is 6.61 Å². The molecule has 3 atom stereocenters. The molecule has 1 amide bonds. The van der Waals surface area contributed by atoms with Crippen molar-refractivity contribution in [3.63, 3.8) is 0 Å². The van der Waals surface area contributed by atoms with E-state index < -0.39 is 0 Å². The third-order valence-electron chi connectivity index (χ3n) is 4.14. The van der Waals surface area contributed by atoms with E-state index in [1.54, 1.807) is 0 Å². The number of nitrogens with one attached hydrogen (secondary N) is 1. The molecule has 0 aromatic carbocycles. The molecular formula is C14H27NO2. The number of amides is 1. The van der Waals surface area contributed by atoms with Gasteiger partial charge in [0.1, 0.15) is 0 Å². The first-order chi connectivity index (χ1) is 8.04. The Morgan fingerprint density at radius 2 is 1.94 bits per heavy atom. The first-order valence-electron chi connectivity index (χ1n) is 6.94. The zero-order valence-corrected chi connectivity index (χ0v) is 11.4. The van der Waals surface area contributed by atoms with Crippen molar-refractivity contribution in [1.82, 2.24) is 5.32 Å². The second kappa shape index (κ2) is 7.00. The molecule has 0 heterocycles. The van der Waals surface area contributed by atoms with Crippen LogP contribution in [0.3, 0.4) is 0 Å². The zero-order chi connectivity index (χ0) is 12.8. The number of carbonyl (C=O) groups is 1. The lowest BCUT2D eigenvalue weighted by atomic mass is 9.84. The third-order valence-corrected chi connectivity index (χ3v) is 4.14. The molecule has 0 radical (unpaired) electrons. The highest BCUT2D eigenvalue weighted by molar-refractivity contribution is 5.76. The van der Waals surface area contributed by atoms with Crippen molar-refractivity contribution in [3.8, 4) is 0 Å². The molecule has 0 bridgehead atoms. The second-order valence-electron chi connectivity index (χ2n) is 5.83. The van der Waals surface area contributed by atoms with Gasteiger partial charge in [-0.25, -0.2) is 0 Å². The molecule has 100 valence electrons. The Labute approximate surface area is 105 Å². The van der Waals surface area contributed by atoms with Crippen LogP contribution in [0.1, 0.15) is 52.9 Å². The second-order valence-corrected chi connectivity index (χ2v) is 5.83. The Morgan fingerprint density at radius 3 is 2.53 bits per heavy atom. The summed E-state index contributed by atoms with van der Waals surface area (Å²) in [5, 5.41) is 12.4. The molecule has 0 aromatic rings. The highest BCUT2D eigenvalue weighted by Crippen LogP contribution is 2.24. The minimum absolute atomic E-state index is 0.150. The fraction of sp³-hybridized carbons (Fsp3) is 0.929. The van der Waals surface area contributed by atoms with Gasteiger partial charge in [-0.1, -0.05) is 33.6 Å². The smallest absolute Gasteiger partial charge is 0.220 e. The van der Waals surface area contributed by atoms with Crippen LogP contribution in [0.15, 0.2) is 0 Å². The van der Waals surface area contributed by atoms with Crippen molar-refractivity contribution in [2.45, 2.75) is 58.9 Å². The van der Waals surface area contributed by atoms with Crippen molar-refractivity contribution >= 4 is 5.91 Å². The molecule has 1 fully saturated rings. The van der Waals surface area contributed by atoms with Crippen LogP contribution in [-0.4, -0.2) is 23.7 Å². The number of hydrogen-bond donors (Lipinski definition) is 2. The fourth-order valence-corrected chi connectivity index (χ4v) is 2.41. The lowest BCUT2D eigenvalue weighted by molar-refractivity contribution is -0.123. The first kappa shape index (κ1) is 14.5. The minimum atomic E-state index is 0.150. The van der Waals surface area contributed by atoms with Gasteiger partial charge in [0.05, 0.1) is 0 Å². The van der Waals surface area contributed by atoms with Crippen LogP contribution in [0, 0.1) is 17.8 Å². The molecular weight excluding hydrogens is 214 g/mol. The van der Waals surface area contributed by atoms with Crippen molar-refractivity contribution in [3.05, 3.63) is 0 Å². The predicted octanol–water partition coefficient (Wildman–Crippen LogP) is 2.34. The van der Waals surface area contributed by atoms with Gasteiger partial charge < -0.3 is 10.4 Å². The SMILES string of the molecule is CC(C)C(C)CC(=O)NC1CCCCC1CO. The van der Waals surface area contributed by atoms with Crippen LogP contribution >= 0.6 is 0 Å². The van der Waals surface area contributed by atoms with Gasteiger partial charge in [-0.05, 0) is 24.7 Å². The number of aliphatic hydroxyl groups is 1. The Bertz CT molecular complexity index is 240. The Morgan fingerprint density at radius 1 is 1.29 bits per heavy atom. The summed E-state index contributed by atoms with van der Waals surface area (Å²) < 4.78 is 0. The molecule has 1 rings (SSSR count). The third kappa shape index (κ3) is 4.66. The van der Waals surface area contributed by atoms with Crippen LogP contribution in [0.5, 0.6) is 0 Å². The summed E-state index contributed by atoms with van der Waals surface area (Å²) in [6.07, 6.45) is 5.02. The van der Waals surface area contributed by atoms with Gasteiger partial charge in [0, 0.05) is 25.0 Å². The van der Waals surface area contributed by atoms with E-state index in [1.807, 2.05) is 0 Å². The van der Waals surface area contributed by atoms with E-state index in [0.717, 1.165) is 12.8 Å². The van der Waals surface area contributed by atoms with E-state index in [-0.39, 0.29) is 24.5 Å². The van der Waals surface area contributed by atoms with E-state index in [2.05, 4.69) is 26.1 Å². The number of rotatable bonds is 5. The first-order valence-corrected chi connectivity index (χ1v) is 6.94. The molecule has 3 unspecified atom stereocenters. The summed E-state index contributed by atoms with van der Waals surface area (Å²) in [7, 11) is 0. The van der Waals surface area contributed by atoms with Gasteiger partial charge in [-0.15, -0.1) is 0 Å². The predicted molar refractivity (Wildman–Crippen MR) is 69.6 cm³/mol. The number of aliphatic hydroxyl groups excluding tert-OH is 1. The maximum atomic E-state index is 11.9. The highest BCUT2D eigenvalue weighted by Gasteiger charge is 2.26. The Hall–Kier alpha value is -0.570. The molecule has 1 saturated carbocycles. The van der Waals surface area contributed by atoms with E-state index >= 15 is 0 Å². The van der Waals surface area contributed by atoms with E-state index in [4.69, 9.17) is 0 Å². The lowest BCUT2D eigenvalue weighted by Gasteiger charge is -2.31. The maximum Gasteiger partial charge on any atom is 0.220 e. The molecule has 3 nitrogen and oxygen atoms in total. The van der Waals surface area contributed by atoms with Gasteiger partial charge in [0.15, 0.2) is 0 Å². The maximum absolute atomic E-state index is 11.9. The van der Waals surface area contributed by atoms with Gasteiger partial charge >= 0.3 is 0 Å². The standard InChI is InChI=1S/C14H27NO2/c1-10(2)11(3)8-14(17)15-13-7-5-4-6-12(13)9-16/h10-13,16H,4-9H2,1-3H3,(H,15,17). The van der Waals surface area contributed by atoms with Crippen molar-refractivity contribution in [2.24, 2.45) is 17.8 Å². The van der Waals surface area contributed by atoms with E-state index in [0.29, 0.717) is 18.3 Å². The van der Waals surface area contributed by atoms with Gasteiger partial charge in [0.2, 0.25) is 5.91 Å². The molecule has 0 saturated heterocycles. The lowest BCUT2D eigenvalue weighted by Crippen LogP contribution is -2.43. The van der Waals surface area contributed by atoms with E-state index in [1.165, 1.54) is 12.8 Å². The Balaban J connectivity index is 2.38. The largest absolute Gasteiger partial charge is 0.396 e. The quantitative estimate of drug-likeness (QED) is 0.776. The van der Waals surface area contributed by atoms with Crippen LogP contribution in [-0.2, 0) is 4.79 Å². The van der Waals surface area contributed by atoms with Crippen molar-refractivity contribution in [1.29, 1.82) is 0 Å². The van der Waals surface area contributed by atoms with Gasteiger partial charge in [-0.3, -0.25) is 4.79 Å². The highest BCUT2D eigenvalue weighted by atomic mass is 16.3. The topological polar surface area (TPSA) is 49.3 Å². The van der Waals surface area contributed by atoms with Gasteiger partial charge in [0.25, 0.3) is 0 Å². The monoisotopic (exact) mass is 241 g/mol. The normalized spacial score (nSPS) is 26.9. The Kier molecular flexibility index (Phi) is 5.96. The molecule has 0 spiro atoms. The summed E-state index contributed by atoms with van der Waals surface area (Å²) in [4.78, 5) is 11.9. The molecule has 0 aromatic heterocycles. The molecule has 1 aliphatic rings. The molecule has 17 heavy (non-hydrogen) atoms. The average Bonchev–Trinajstić information content (AvgIpc) is 2.29. The summed E-state index contributed by atoms with van der Waals surface area (Å²) in [6.45, 7) is 6.61. The molecule has 0 aliphatic heterocycles. The zero-order valence-electron chi connectivity index (χ0n) is 11.4. The molecule has 1 aliphatic carbocycles. The van der Waals surface area contributed by atoms with Crippen LogP contribution in [0.4, 0.5) is 0 Å². The van der Waals surface area contributed by atoms with Gasteiger partial charge in [-0.2, -0.15) is 0 Å². The molecule has 3 heteroatoms. The number of hydrogen-bond acceptors (Lipinski definition) is 2. The van der Waals surface area contributed by atoms with Crippen molar-refractivity contribution < 1.29 is 9.90 Å². The average molecular weight is 241 g/mol. The minimum Gasteiger partial charge on any atom is -0.396 e. The van der Waals surface area contributed by atoms with Crippen LogP contribution in [0.25, 0.3) is 0 Å². The van der Waals surface area contributed by atoms with Crippen LogP contribution in [0.2, 0.25) is 0 Å². The number of carbonyl (C=O) groups excluding carboxylic acids is 1. The fourth-order valence-electron chi connectivity index (χ4n) is 2.41.